The number of anilines is 1. The van der Waals surface area contributed by atoms with Crippen LogP contribution in [0.4, 0.5) is 5.95 Å². The lowest BCUT2D eigenvalue weighted by atomic mass is 10.2. The van der Waals surface area contributed by atoms with Gasteiger partial charge in [0, 0.05) is 18.7 Å². The van der Waals surface area contributed by atoms with Crippen molar-refractivity contribution in [2.45, 2.75) is 23.9 Å². The van der Waals surface area contributed by atoms with Crippen LogP contribution in [0.25, 0.3) is 11.5 Å². The summed E-state index contributed by atoms with van der Waals surface area (Å²) in [7, 11) is 1.64. The van der Waals surface area contributed by atoms with E-state index in [1.165, 1.54) is 5.56 Å². The molecule has 0 bridgehead atoms. The number of hydrogen-bond donors (Lipinski definition) is 0. The normalized spacial score (nSPS) is 14.8. The van der Waals surface area contributed by atoms with Crippen LogP contribution in [0, 0.1) is 0 Å². The van der Waals surface area contributed by atoms with Gasteiger partial charge in [0.05, 0.1) is 32.1 Å². The van der Waals surface area contributed by atoms with Crippen molar-refractivity contribution in [1.29, 1.82) is 0 Å². The Balaban J connectivity index is 1.38. The van der Waals surface area contributed by atoms with Gasteiger partial charge in [0.25, 0.3) is 0 Å². The maximum atomic E-state index is 5.99. The van der Waals surface area contributed by atoms with Crippen LogP contribution in [0.5, 0.6) is 5.75 Å². The van der Waals surface area contributed by atoms with Gasteiger partial charge in [-0.05, 0) is 36.8 Å². The van der Waals surface area contributed by atoms with E-state index in [1.54, 1.807) is 18.9 Å². The van der Waals surface area contributed by atoms with Gasteiger partial charge in [-0.15, -0.1) is 20.4 Å². The number of morpholine rings is 1. The Hall–Kier alpha value is -3.37. The fourth-order valence-electron chi connectivity index (χ4n) is 3.73. The second-order valence-electron chi connectivity index (χ2n) is 7.89. The molecule has 1 aliphatic heterocycles. The molecule has 0 spiro atoms. The third kappa shape index (κ3) is 4.92. The third-order valence-electron chi connectivity index (χ3n) is 5.58. The molecule has 2 aromatic heterocycles. The number of ether oxygens (including phenoxy) is 2. The quantitative estimate of drug-likeness (QED) is 0.347. The van der Waals surface area contributed by atoms with Crippen LogP contribution in [-0.4, -0.2) is 58.4 Å². The molecular weight excluding hydrogens is 452 g/mol. The van der Waals surface area contributed by atoms with Crippen LogP contribution in [-0.2, 0) is 11.3 Å². The Morgan fingerprint density at radius 3 is 2.47 bits per heavy atom. The number of benzene rings is 2. The van der Waals surface area contributed by atoms with Gasteiger partial charge in [0.1, 0.15) is 5.75 Å². The smallest absolute Gasteiger partial charge is 0.247 e. The topological polar surface area (TPSA) is 91.3 Å². The summed E-state index contributed by atoms with van der Waals surface area (Å²) in [5.74, 6) is 2.65. The molecule has 1 saturated heterocycles. The van der Waals surface area contributed by atoms with Crippen molar-refractivity contribution in [3.63, 3.8) is 0 Å². The van der Waals surface area contributed by atoms with Crippen LogP contribution in [0.2, 0.25) is 0 Å². The van der Waals surface area contributed by atoms with Gasteiger partial charge in [-0.25, -0.2) is 0 Å². The van der Waals surface area contributed by atoms with Gasteiger partial charge < -0.3 is 18.8 Å². The summed E-state index contributed by atoms with van der Waals surface area (Å²) in [6.07, 6.45) is 0. The summed E-state index contributed by atoms with van der Waals surface area (Å²) in [6, 6.07) is 17.9. The fourth-order valence-corrected chi connectivity index (χ4v) is 4.60. The zero-order valence-corrected chi connectivity index (χ0v) is 19.9. The van der Waals surface area contributed by atoms with Crippen molar-refractivity contribution in [3.8, 4) is 17.2 Å². The first-order valence-corrected chi connectivity index (χ1v) is 12.0. The van der Waals surface area contributed by atoms with Crippen LogP contribution in [0.15, 0.2) is 64.2 Å². The molecule has 9 nitrogen and oxygen atoms in total. The predicted molar refractivity (Wildman–Crippen MR) is 129 cm³/mol. The Morgan fingerprint density at radius 2 is 1.74 bits per heavy atom. The molecule has 4 aromatic rings. The summed E-state index contributed by atoms with van der Waals surface area (Å²) in [5, 5.41) is 18.3. The highest BCUT2D eigenvalue weighted by Crippen LogP contribution is 2.36. The average Bonchev–Trinajstić information content (AvgIpc) is 3.53. The molecule has 176 valence electrons. The molecule has 10 heteroatoms. The molecule has 2 aromatic carbocycles. The molecule has 5 rings (SSSR count). The van der Waals surface area contributed by atoms with E-state index in [2.05, 4.69) is 42.0 Å². The number of methoxy groups -OCH3 is 1. The molecule has 34 heavy (non-hydrogen) atoms. The van der Waals surface area contributed by atoms with Crippen molar-refractivity contribution in [3.05, 3.63) is 66.1 Å². The lowest BCUT2D eigenvalue weighted by Gasteiger charge is -2.28. The summed E-state index contributed by atoms with van der Waals surface area (Å²) in [6.45, 7) is 5.67. The van der Waals surface area contributed by atoms with Gasteiger partial charge in [-0.2, -0.15) is 0 Å². The van der Waals surface area contributed by atoms with Crippen molar-refractivity contribution >= 4 is 17.7 Å². The zero-order valence-electron chi connectivity index (χ0n) is 19.1. The maximum absolute atomic E-state index is 5.99. The number of hydrogen-bond acceptors (Lipinski definition) is 9. The highest BCUT2D eigenvalue weighted by molar-refractivity contribution is 7.99. The SMILES string of the molecule is COc1ccc(-c2nnc([C@H](C)Sc3nnc(N4CCOCC4)n3Cc3ccccc3)o2)cc1. The van der Waals surface area contributed by atoms with Crippen LogP contribution in [0.1, 0.15) is 23.6 Å². The van der Waals surface area contributed by atoms with Crippen molar-refractivity contribution in [2.75, 3.05) is 38.3 Å². The van der Waals surface area contributed by atoms with Crippen molar-refractivity contribution in [2.24, 2.45) is 0 Å². The molecule has 0 amide bonds. The lowest BCUT2D eigenvalue weighted by Crippen LogP contribution is -2.38. The van der Waals surface area contributed by atoms with E-state index in [1.807, 2.05) is 49.4 Å². The molecule has 0 radical (unpaired) electrons. The molecule has 1 fully saturated rings. The van der Waals surface area contributed by atoms with Gasteiger partial charge in [-0.3, -0.25) is 4.57 Å². The summed E-state index contributed by atoms with van der Waals surface area (Å²) in [4.78, 5) is 2.22. The molecule has 0 aliphatic carbocycles. The molecule has 1 atom stereocenters. The van der Waals surface area contributed by atoms with E-state index in [4.69, 9.17) is 13.9 Å². The number of nitrogens with zero attached hydrogens (tertiary/aromatic N) is 6. The first-order valence-electron chi connectivity index (χ1n) is 11.2. The fraction of sp³-hybridized carbons (Fsp3) is 0.333. The minimum Gasteiger partial charge on any atom is -0.497 e. The Bertz CT molecular complexity index is 1210. The minimum atomic E-state index is -0.101. The second-order valence-corrected chi connectivity index (χ2v) is 9.20. The van der Waals surface area contributed by atoms with E-state index in [0.29, 0.717) is 31.5 Å². The van der Waals surface area contributed by atoms with E-state index in [9.17, 15) is 0 Å². The predicted octanol–water partition coefficient (Wildman–Crippen LogP) is 4.07. The van der Waals surface area contributed by atoms with Gasteiger partial charge in [-0.1, -0.05) is 42.1 Å². The average molecular weight is 479 g/mol. The summed E-state index contributed by atoms with van der Waals surface area (Å²) < 4.78 is 18.9. The lowest BCUT2D eigenvalue weighted by molar-refractivity contribution is 0.121. The maximum Gasteiger partial charge on any atom is 0.247 e. The molecule has 3 heterocycles. The molecule has 0 saturated carbocycles. The minimum absolute atomic E-state index is 0.101. The van der Waals surface area contributed by atoms with Gasteiger partial charge in [0.2, 0.25) is 17.7 Å². The van der Waals surface area contributed by atoms with E-state index in [0.717, 1.165) is 35.5 Å². The van der Waals surface area contributed by atoms with Crippen LogP contribution >= 0.6 is 11.8 Å². The van der Waals surface area contributed by atoms with Crippen molar-refractivity contribution < 1.29 is 13.9 Å². The Kier molecular flexibility index (Phi) is 6.77. The highest BCUT2D eigenvalue weighted by atomic mass is 32.2. The number of rotatable bonds is 8. The molecule has 1 aliphatic rings. The third-order valence-corrected chi connectivity index (χ3v) is 6.65. The first-order chi connectivity index (χ1) is 16.7. The van der Waals surface area contributed by atoms with Gasteiger partial charge >= 0.3 is 0 Å². The van der Waals surface area contributed by atoms with E-state index < -0.39 is 0 Å². The summed E-state index contributed by atoms with van der Waals surface area (Å²) in [5.41, 5.74) is 2.03. The monoisotopic (exact) mass is 478 g/mol. The van der Waals surface area contributed by atoms with Gasteiger partial charge in [0.15, 0.2) is 5.16 Å². The van der Waals surface area contributed by atoms with E-state index >= 15 is 0 Å². The van der Waals surface area contributed by atoms with E-state index in [-0.39, 0.29) is 5.25 Å². The summed E-state index contributed by atoms with van der Waals surface area (Å²) >= 11 is 1.56. The zero-order chi connectivity index (χ0) is 23.3. The standard InChI is InChI=1S/C24H26N6O3S/c1-17(21-25-26-22(33-21)19-8-10-20(31-2)11-9-19)34-24-28-27-23(29-12-14-32-15-13-29)30(24)16-18-6-4-3-5-7-18/h3-11,17H,12-16H2,1-2H3/t17-/m0/s1. The van der Waals surface area contributed by atoms with Crippen LogP contribution < -0.4 is 9.64 Å². The van der Waals surface area contributed by atoms with Crippen molar-refractivity contribution in [1.82, 2.24) is 25.0 Å². The molecular formula is C24H26N6O3S. The Labute approximate surface area is 202 Å². The Morgan fingerprint density at radius 1 is 0.971 bits per heavy atom. The second kappa shape index (κ2) is 10.3. The first kappa shape index (κ1) is 22.4. The number of thioether (sulfide) groups is 1. The molecule has 0 N–H and O–H groups in total. The highest BCUT2D eigenvalue weighted by Gasteiger charge is 2.24. The van der Waals surface area contributed by atoms with Crippen LogP contribution in [0.3, 0.4) is 0 Å². The largest absolute Gasteiger partial charge is 0.497 e. The number of aromatic nitrogens is 5. The molecule has 0 unspecified atom stereocenters.